The van der Waals surface area contributed by atoms with Crippen LogP contribution in [-0.4, -0.2) is 12.0 Å². The second kappa shape index (κ2) is 7.60. The van der Waals surface area contributed by atoms with Gasteiger partial charge in [0.05, 0.1) is 0 Å². The van der Waals surface area contributed by atoms with Crippen molar-refractivity contribution in [1.29, 1.82) is 0 Å². The third-order valence-electron chi connectivity index (χ3n) is 3.37. The van der Waals surface area contributed by atoms with Crippen molar-refractivity contribution in [2.45, 2.75) is 32.2 Å². The zero-order valence-corrected chi connectivity index (χ0v) is 12.3. The van der Waals surface area contributed by atoms with E-state index in [9.17, 15) is 4.79 Å². The van der Waals surface area contributed by atoms with Crippen molar-refractivity contribution >= 4 is 5.97 Å². The number of esters is 1. The van der Waals surface area contributed by atoms with Gasteiger partial charge in [-0.05, 0) is 43.9 Å². The average molecular weight is 283 g/mol. The summed E-state index contributed by atoms with van der Waals surface area (Å²) in [5, 5.41) is 0. The molecule has 0 heterocycles. The highest BCUT2D eigenvalue weighted by Gasteiger charge is 2.15. The second-order valence-electron chi connectivity index (χ2n) is 5.22. The average Bonchev–Trinajstić information content (AvgIpc) is 2.50. The van der Waals surface area contributed by atoms with Gasteiger partial charge in [0, 0.05) is 0 Å². The highest BCUT2D eigenvalue weighted by molar-refractivity contribution is 5.77. The van der Waals surface area contributed by atoms with Crippen LogP contribution in [0.25, 0.3) is 0 Å². The van der Waals surface area contributed by atoms with E-state index in [1.807, 2.05) is 18.2 Å². The summed E-state index contributed by atoms with van der Waals surface area (Å²) in [5.41, 5.74) is 8.40. The summed E-state index contributed by atoms with van der Waals surface area (Å²) in [7, 11) is 0. The van der Waals surface area contributed by atoms with Crippen LogP contribution in [-0.2, 0) is 11.2 Å². The summed E-state index contributed by atoms with van der Waals surface area (Å²) in [6, 6.07) is 16.9. The van der Waals surface area contributed by atoms with Crippen LogP contribution in [0, 0.1) is 6.92 Å². The molecule has 0 aliphatic rings. The first kappa shape index (κ1) is 15.3. The minimum atomic E-state index is -0.573. The highest BCUT2D eigenvalue weighted by atomic mass is 16.5. The van der Waals surface area contributed by atoms with Crippen LogP contribution in [0.15, 0.2) is 54.6 Å². The maximum atomic E-state index is 11.9. The number of hydrogen-bond acceptors (Lipinski definition) is 3. The van der Waals surface area contributed by atoms with Gasteiger partial charge in [-0.15, -0.1) is 0 Å². The largest absolute Gasteiger partial charge is 0.425 e. The van der Waals surface area contributed by atoms with Crippen LogP contribution >= 0.6 is 0 Å². The summed E-state index contributed by atoms with van der Waals surface area (Å²) in [4.78, 5) is 11.9. The topological polar surface area (TPSA) is 52.3 Å². The van der Waals surface area contributed by atoms with E-state index in [0.29, 0.717) is 12.2 Å². The standard InChI is InChI=1S/C18H21NO2/c1-14-10-12-15(13-11-14)6-5-9-17(19)18(20)21-16-7-3-2-4-8-16/h2-4,7-8,10-13,17H,5-6,9,19H2,1H3. The quantitative estimate of drug-likeness (QED) is 0.654. The van der Waals surface area contributed by atoms with Crippen molar-refractivity contribution in [2.24, 2.45) is 5.73 Å². The zero-order chi connectivity index (χ0) is 15.1. The molecule has 3 heteroatoms. The lowest BCUT2D eigenvalue weighted by atomic mass is 10.0. The molecule has 0 saturated carbocycles. The fraction of sp³-hybridized carbons (Fsp3) is 0.278. The molecule has 0 aliphatic heterocycles. The molecular formula is C18H21NO2. The monoisotopic (exact) mass is 283 g/mol. The van der Waals surface area contributed by atoms with Crippen molar-refractivity contribution < 1.29 is 9.53 Å². The third kappa shape index (κ3) is 5.04. The van der Waals surface area contributed by atoms with E-state index in [-0.39, 0.29) is 5.97 Å². The van der Waals surface area contributed by atoms with Crippen LogP contribution in [0.3, 0.4) is 0 Å². The maximum absolute atomic E-state index is 11.9. The number of carbonyl (C=O) groups excluding carboxylic acids is 1. The molecule has 0 amide bonds. The molecule has 3 nitrogen and oxygen atoms in total. The summed E-state index contributed by atoms with van der Waals surface area (Å²) >= 11 is 0. The van der Waals surface area contributed by atoms with Gasteiger partial charge in [-0.2, -0.15) is 0 Å². The lowest BCUT2D eigenvalue weighted by molar-refractivity contribution is -0.136. The number of rotatable bonds is 6. The molecule has 1 unspecified atom stereocenters. The van der Waals surface area contributed by atoms with E-state index in [1.165, 1.54) is 11.1 Å². The van der Waals surface area contributed by atoms with Gasteiger partial charge in [0.25, 0.3) is 0 Å². The summed E-state index contributed by atoms with van der Waals surface area (Å²) < 4.78 is 5.23. The minimum Gasteiger partial charge on any atom is -0.425 e. The van der Waals surface area contributed by atoms with Crippen LogP contribution < -0.4 is 10.5 Å². The van der Waals surface area contributed by atoms with Crippen LogP contribution in [0.4, 0.5) is 0 Å². The van der Waals surface area contributed by atoms with Crippen molar-refractivity contribution in [2.75, 3.05) is 0 Å². The van der Waals surface area contributed by atoms with Crippen LogP contribution in [0.2, 0.25) is 0 Å². The summed E-state index contributed by atoms with van der Waals surface area (Å²) in [5.74, 6) is 0.168. The number of nitrogens with two attached hydrogens (primary N) is 1. The Labute approximate surface area is 125 Å². The molecule has 2 N–H and O–H groups in total. The molecule has 0 aliphatic carbocycles. The van der Waals surface area contributed by atoms with Gasteiger partial charge in [0.2, 0.25) is 0 Å². The molecule has 0 fully saturated rings. The van der Waals surface area contributed by atoms with E-state index >= 15 is 0 Å². The van der Waals surface area contributed by atoms with E-state index in [4.69, 9.17) is 10.5 Å². The van der Waals surface area contributed by atoms with Crippen molar-refractivity contribution in [1.82, 2.24) is 0 Å². The number of aryl methyl sites for hydroxylation is 2. The molecule has 2 aromatic carbocycles. The van der Waals surface area contributed by atoms with Gasteiger partial charge < -0.3 is 10.5 Å². The lowest BCUT2D eigenvalue weighted by Crippen LogP contribution is -2.34. The molecule has 0 bridgehead atoms. The van der Waals surface area contributed by atoms with Crippen molar-refractivity contribution in [3.63, 3.8) is 0 Å². The Kier molecular flexibility index (Phi) is 5.52. The Morgan fingerprint density at radius 1 is 1.10 bits per heavy atom. The Morgan fingerprint density at radius 2 is 1.76 bits per heavy atom. The molecule has 2 rings (SSSR count). The smallest absolute Gasteiger partial charge is 0.328 e. The molecule has 110 valence electrons. The first-order valence-electron chi connectivity index (χ1n) is 7.23. The van der Waals surface area contributed by atoms with Gasteiger partial charge in [-0.25, -0.2) is 4.79 Å². The van der Waals surface area contributed by atoms with Crippen LogP contribution in [0.1, 0.15) is 24.0 Å². The normalized spacial score (nSPS) is 11.9. The maximum Gasteiger partial charge on any atom is 0.328 e. The Bertz CT molecular complexity index is 564. The minimum absolute atomic E-state index is 0.370. The highest BCUT2D eigenvalue weighted by Crippen LogP contribution is 2.11. The van der Waals surface area contributed by atoms with Crippen molar-refractivity contribution in [3.05, 3.63) is 65.7 Å². The summed E-state index contributed by atoms with van der Waals surface area (Å²) in [6.45, 7) is 2.07. The number of hydrogen-bond donors (Lipinski definition) is 1. The van der Waals surface area contributed by atoms with E-state index < -0.39 is 6.04 Å². The van der Waals surface area contributed by atoms with E-state index in [0.717, 1.165) is 12.8 Å². The Balaban J connectivity index is 1.75. The molecule has 0 radical (unpaired) electrons. The molecule has 0 aromatic heterocycles. The molecule has 21 heavy (non-hydrogen) atoms. The van der Waals surface area contributed by atoms with E-state index in [2.05, 4.69) is 31.2 Å². The molecule has 0 saturated heterocycles. The second-order valence-corrected chi connectivity index (χ2v) is 5.22. The first-order valence-corrected chi connectivity index (χ1v) is 7.23. The predicted molar refractivity (Wildman–Crippen MR) is 84.2 cm³/mol. The molecule has 0 spiro atoms. The molecule has 2 aromatic rings. The lowest BCUT2D eigenvalue weighted by Gasteiger charge is -2.11. The predicted octanol–water partition coefficient (Wildman–Crippen LogP) is 3.25. The SMILES string of the molecule is Cc1ccc(CCCC(N)C(=O)Oc2ccccc2)cc1. The van der Waals surface area contributed by atoms with Gasteiger partial charge in [-0.1, -0.05) is 48.0 Å². The van der Waals surface area contributed by atoms with Gasteiger partial charge in [-0.3, -0.25) is 0 Å². The number of carbonyl (C=O) groups is 1. The number of ether oxygens (including phenoxy) is 1. The molecular weight excluding hydrogens is 262 g/mol. The van der Waals surface area contributed by atoms with Gasteiger partial charge in [0.15, 0.2) is 0 Å². The third-order valence-corrected chi connectivity index (χ3v) is 3.37. The van der Waals surface area contributed by atoms with Crippen molar-refractivity contribution in [3.8, 4) is 5.75 Å². The Hall–Kier alpha value is -2.13. The first-order chi connectivity index (χ1) is 10.1. The Morgan fingerprint density at radius 3 is 2.43 bits per heavy atom. The van der Waals surface area contributed by atoms with Gasteiger partial charge >= 0.3 is 5.97 Å². The number of benzene rings is 2. The van der Waals surface area contributed by atoms with Gasteiger partial charge in [0.1, 0.15) is 11.8 Å². The zero-order valence-electron chi connectivity index (χ0n) is 12.3. The van der Waals surface area contributed by atoms with E-state index in [1.54, 1.807) is 12.1 Å². The molecule has 1 atom stereocenters. The fourth-order valence-corrected chi connectivity index (χ4v) is 2.08. The van der Waals surface area contributed by atoms with Crippen LogP contribution in [0.5, 0.6) is 5.75 Å². The number of para-hydroxylation sites is 1. The fourth-order valence-electron chi connectivity index (χ4n) is 2.08. The summed E-state index contributed by atoms with van der Waals surface area (Å²) in [6.07, 6.45) is 2.42.